The Kier molecular flexibility index (Phi) is 8.35. The first-order valence-electron chi connectivity index (χ1n) is 8.47. The van der Waals surface area contributed by atoms with Crippen LogP contribution >= 0.6 is 21.6 Å². The SMILES string of the molecule is Cc1nc(CSSCc2nc(C)c(O)c(CO)c2CO)c(CO)c(CO)c1O. The average molecular weight is 429 g/mol. The maximum atomic E-state index is 9.99. The van der Waals surface area contributed by atoms with Gasteiger partial charge in [-0.25, -0.2) is 0 Å². The Morgan fingerprint density at radius 2 is 0.929 bits per heavy atom. The molecule has 0 saturated carbocycles. The molecule has 6 N–H and O–H groups in total. The molecular weight excluding hydrogens is 404 g/mol. The molecule has 0 spiro atoms. The zero-order chi connectivity index (χ0) is 20.8. The lowest BCUT2D eigenvalue weighted by molar-refractivity contribution is 0.253. The van der Waals surface area contributed by atoms with Crippen molar-refractivity contribution in [3.8, 4) is 11.5 Å². The van der Waals surface area contributed by atoms with Gasteiger partial charge >= 0.3 is 0 Å². The predicted molar refractivity (Wildman–Crippen MR) is 108 cm³/mol. The van der Waals surface area contributed by atoms with E-state index in [1.807, 2.05) is 0 Å². The lowest BCUT2D eigenvalue weighted by Crippen LogP contribution is -2.06. The van der Waals surface area contributed by atoms with Crippen LogP contribution in [0.3, 0.4) is 0 Å². The summed E-state index contributed by atoms with van der Waals surface area (Å²) in [6.07, 6.45) is 0. The van der Waals surface area contributed by atoms with E-state index in [0.717, 1.165) is 0 Å². The van der Waals surface area contributed by atoms with Crippen LogP contribution in [0.25, 0.3) is 0 Å². The minimum atomic E-state index is -0.392. The van der Waals surface area contributed by atoms with Crippen LogP contribution in [0, 0.1) is 13.8 Å². The number of pyridine rings is 2. The molecule has 0 aliphatic rings. The predicted octanol–water partition coefficient (Wildman–Crippen LogP) is 1.56. The fourth-order valence-corrected chi connectivity index (χ4v) is 4.90. The van der Waals surface area contributed by atoms with E-state index in [0.29, 0.717) is 45.4 Å². The number of aliphatic hydroxyl groups excluding tert-OH is 4. The molecule has 0 atom stereocenters. The molecule has 2 heterocycles. The van der Waals surface area contributed by atoms with Gasteiger partial charge in [-0.15, -0.1) is 0 Å². The molecule has 154 valence electrons. The molecule has 0 aliphatic heterocycles. The number of aryl methyl sites for hydroxylation is 2. The van der Waals surface area contributed by atoms with Gasteiger partial charge in [-0.1, -0.05) is 21.6 Å². The van der Waals surface area contributed by atoms with Crippen LogP contribution in [0.5, 0.6) is 11.5 Å². The van der Waals surface area contributed by atoms with Gasteiger partial charge in [-0.2, -0.15) is 0 Å². The molecule has 0 bridgehead atoms. The fourth-order valence-electron chi connectivity index (χ4n) is 2.86. The van der Waals surface area contributed by atoms with E-state index in [9.17, 15) is 30.6 Å². The maximum Gasteiger partial charge on any atom is 0.142 e. The first kappa shape index (κ1) is 22.7. The quantitative estimate of drug-likeness (QED) is 0.257. The summed E-state index contributed by atoms with van der Waals surface area (Å²) in [5.74, 6) is 0.627. The van der Waals surface area contributed by atoms with E-state index >= 15 is 0 Å². The Labute approximate surface area is 170 Å². The Hall–Kier alpha value is -1.56. The molecular formula is C18H24N2O6S2. The summed E-state index contributed by atoms with van der Waals surface area (Å²) in [5.41, 5.74) is 3.30. The van der Waals surface area contributed by atoms with Crippen molar-refractivity contribution in [3.05, 3.63) is 45.0 Å². The van der Waals surface area contributed by atoms with Crippen molar-refractivity contribution in [2.75, 3.05) is 0 Å². The van der Waals surface area contributed by atoms with Gasteiger partial charge in [0.15, 0.2) is 0 Å². The number of hydrogen-bond donors (Lipinski definition) is 6. The van der Waals surface area contributed by atoms with Gasteiger partial charge < -0.3 is 30.6 Å². The highest BCUT2D eigenvalue weighted by Gasteiger charge is 2.18. The lowest BCUT2D eigenvalue weighted by atomic mass is 10.1. The number of aromatic nitrogens is 2. The molecule has 0 fully saturated rings. The average Bonchev–Trinajstić information content (AvgIpc) is 2.69. The number of nitrogens with zero attached hydrogens (tertiary/aromatic N) is 2. The molecule has 0 aliphatic carbocycles. The van der Waals surface area contributed by atoms with Crippen molar-refractivity contribution in [2.45, 2.75) is 51.8 Å². The van der Waals surface area contributed by atoms with E-state index in [2.05, 4.69) is 9.97 Å². The molecule has 2 rings (SSSR count). The van der Waals surface area contributed by atoms with Gasteiger partial charge in [0, 0.05) is 33.8 Å². The van der Waals surface area contributed by atoms with Gasteiger partial charge in [-0.05, 0) is 13.8 Å². The zero-order valence-corrected chi connectivity index (χ0v) is 17.3. The Morgan fingerprint density at radius 3 is 1.21 bits per heavy atom. The first-order valence-corrected chi connectivity index (χ1v) is 11.0. The summed E-state index contributed by atoms with van der Waals surface area (Å²) < 4.78 is 0. The summed E-state index contributed by atoms with van der Waals surface area (Å²) in [7, 11) is 2.88. The van der Waals surface area contributed by atoms with Gasteiger partial charge in [0.05, 0.1) is 49.2 Å². The first-order chi connectivity index (χ1) is 13.4. The number of aromatic hydroxyl groups is 2. The lowest BCUT2D eigenvalue weighted by Gasteiger charge is -2.15. The maximum absolute atomic E-state index is 9.99. The summed E-state index contributed by atoms with van der Waals surface area (Å²) in [6, 6.07) is 0. The molecule has 28 heavy (non-hydrogen) atoms. The normalized spacial score (nSPS) is 11.2. The van der Waals surface area contributed by atoms with Crippen LogP contribution < -0.4 is 0 Å². The molecule has 0 amide bonds. The van der Waals surface area contributed by atoms with Crippen molar-refractivity contribution >= 4 is 21.6 Å². The third kappa shape index (κ3) is 4.70. The largest absolute Gasteiger partial charge is 0.506 e. The Balaban J connectivity index is 2.14. The van der Waals surface area contributed by atoms with Crippen LogP contribution in [-0.2, 0) is 37.9 Å². The van der Waals surface area contributed by atoms with Gasteiger partial charge in [0.1, 0.15) is 11.5 Å². The molecule has 0 radical (unpaired) electrons. The van der Waals surface area contributed by atoms with E-state index in [-0.39, 0.29) is 35.8 Å². The zero-order valence-electron chi connectivity index (χ0n) is 15.6. The molecule has 8 nitrogen and oxygen atoms in total. The van der Waals surface area contributed by atoms with Gasteiger partial charge in [0.25, 0.3) is 0 Å². The molecule has 0 unspecified atom stereocenters. The van der Waals surface area contributed by atoms with Crippen LogP contribution in [0.15, 0.2) is 0 Å². The van der Waals surface area contributed by atoms with Gasteiger partial charge in [0.2, 0.25) is 0 Å². The smallest absolute Gasteiger partial charge is 0.142 e. The van der Waals surface area contributed by atoms with E-state index in [1.165, 1.54) is 21.6 Å². The molecule has 10 heteroatoms. The highest BCUT2D eigenvalue weighted by atomic mass is 33.1. The second-order valence-electron chi connectivity index (χ2n) is 6.06. The van der Waals surface area contributed by atoms with Crippen LogP contribution in [0.1, 0.15) is 45.0 Å². The highest BCUT2D eigenvalue weighted by molar-refractivity contribution is 8.76. The third-order valence-electron chi connectivity index (χ3n) is 4.39. The van der Waals surface area contributed by atoms with Crippen molar-refractivity contribution in [2.24, 2.45) is 0 Å². The van der Waals surface area contributed by atoms with Crippen molar-refractivity contribution in [1.29, 1.82) is 0 Å². The van der Waals surface area contributed by atoms with Crippen LogP contribution in [0.2, 0.25) is 0 Å². The van der Waals surface area contributed by atoms with Crippen molar-refractivity contribution < 1.29 is 30.6 Å². The molecule has 0 aromatic carbocycles. The molecule has 2 aromatic heterocycles. The van der Waals surface area contributed by atoms with E-state index in [4.69, 9.17) is 0 Å². The standard InChI is InChI=1S/C18H24N2O6S2/c1-9-17(25)13(5-23)11(3-21)15(19-9)7-27-28-8-16-12(4-22)14(6-24)18(26)10(2)20-16/h21-26H,3-8H2,1-2H3. The molecule has 0 saturated heterocycles. The number of rotatable bonds is 9. The second-order valence-corrected chi connectivity index (χ2v) is 8.52. The van der Waals surface area contributed by atoms with E-state index in [1.54, 1.807) is 13.8 Å². The fraction of sp³-hybridized carbons (Fsp3) is 0.444. The Bertz CT molecular complexity index is 778. The summed E-state index contributed by atoms with van der Waals surface area (Å²) in [5, 5.41) is 58.1. The molecule has 2 aromatic rings. The number of aliphatic hydroxyl groups is 4. The van der Waals surface area contributed by atoms with E-state index < -0.39 is 13.2 Å². The second kappa shape index (κ2) is 10.3. The van der Waals surface area contributed by atoms with Crippen molar-refractivity contribution in [1.82, 2.24) is 9.97 Å². The third-order valence-corrected chi connectivity index (χ3v) is 6.55. The minimum Gasteiger partial charge on any atom is -0.506 e. The Morgan fingerprint density at radius 1 is 0.607 bits per heavy atom. The topological polar surface area (TPSA) is 147 Å². The summed E-state index contributed by atoms with van der Waals surface area (Å²) in [6.45, 7) is 1.79. The summed E-state index contributed by atoms with van der Waals surface area (Å²) >= 11 is 0. The van der Waals surface area contributed by atoms with Crippen LogP contribution in [0.4, 0.5) is 0 Å². The summed E-state index contributed by atoms with van der Waals surface area (Å²) in [4.78, 5) is 8.61. The number of hydrogen-bond acceptors (Lipinski definition) is 10. The highest BCUT2D eigenvalue weighted by Crippen LogP contribution is 2.35. The van der Waals surface area contributed by atoms with Crippen molar-refractivity contribution in [3.63, 3.8) is 0 Å². The minimum absolute atomic E-state index is 0.110. The monoisotopic (exact) mass is 428 g/mol. The van der Waals surface area contributed by atoms with Gasteiger partial charge in [-0.3, -0.25) is 9.97 Å². The van der Waals surface area contributed by atoms with Crippen LogP contribution in [-0.4, -0.2) is 40.6 Å².